The first-order valence-corrected chi connectivity index (χ1v) is 8.72. The van der Waals surface area contributed by atoms with Crippen molar-refractivity contribution in [3.8, 4) is 11.3 Å². The van der Waals surface area contributed by atoms with E-state index in [0.717, 1.165) is 19.5 Å². The molecule has 1 aromatic heterocycles. The van der Waals surface area contributed by atoms with E-state index in [-0.39, 0.29) is 24.0 Å². The number of nitrogens with one attached hydrogen (secondary N) is 1. The number of alkyl halides is 3. The average Bonchev–Trinajstić information content (AvgIpc) is 2.61. The number of halogens is 5. The summed E-state index contributed by atoms with van der Waals surface area (Å²) in [5.41, 5.74) is 0.507. The molecule has 29 heavy (non-hydrogen) atoms. The molecule has 1 aliphatic heterocycles. The van der Waals surface area contributed by atoms with Gasteiger partial charge in [-0.25, -0.2) is 18.7 Å². The van der Waals surface area contributed by atoms with Gasteiger partial charge >= 0.3 is 6.36 Å². The molecular formula is C18H21F5N4O2. The summed E-state index contributed by atoms with van der Waals surface area (Å²) in [7, 11) is 0. The van der Waals surface area contributed by atoms with Crippen LogP contribution in [0, 0.1) is 11.6 Å². The third-order valence-corrected chi connectivity index (χ3v) is 3.52. The monoisotopic (exact) mass is 420 g/mol. The van der Waals surface area contributed by atoms with E-state index < -0.39 is 18.0 Å². The van der Waals surface area contributed by atoms with Gasteiger partial charge in [0.2, 0.25) is 5.91 Å². The molecule has 0 saturated carbocycles. The zero-order valence-electron chi connectivity index (χ0n) is 15.8. The number of carbonyl (C=O) groups excluding carboxylic acids is 1. The maximum Gasteiger partial charge on any atom is 0.519 e. The number of likely N-dealkylation sites (tertiary alicyclic amines) is 1. The summed E-state index contributed by atoms with van der Waals surface area (Å²) in [6.07, 6.45) is -2.79. The topological polar surface area (TPSA) is 78.4 Å². The second-order valence-corrected chi connectivity index (χ2v) is 5.45. The van der Waals surface area contributed by atoms with Gasteiger partial charge in [0.15, 0.2) is 11.6 Å². The first-order chi connectivity index (χ1) is 13.6. The highest BCUT2D eigenvalue weighted by molar-refractivity contribution is 5.81. The van der Waals surface area contributed by atoms with E-state index in [4.69, 9.17) is 5.11 Å². The molecule has 3 rings (SSSR count). The molecule has 2 heterocycles. The van der Waals surface area contributed by atoms with E-state index in [1.165, 1.54) is 30.6 Å². The summed E-state index contributed by atoms with van der Waals surface area (Å²) < 4.78 is 57.1. The van der Waals surface area contributed by atoms with Crippen LogP contribution < -0.4 is 5.32 Å². The maximum absolute atomic E-state index is 14.4. The van der Waals surface area contributed by atoms with Gasteiger partial charge < -0.3 is 15.3 Å². The Morgan fingerprint density at radius 1 is 1.14 bits per heavy atom. The highest BCUT2D eigenvalue weighted by Crippen LogP contribution is 2.24. The van der Waals surface area contributed by atoms with Crippen molar-refractivity contribution in [2.75, 3.05) is 25.0 Å². The van der Waals surface area contributed by atoms with Gasteiger partial charge in [0.25, 0.3) is 0 Å². The Morgan fingerprint density at radius 3 is 2.17 bits per heavy atom. The van der Waals surface area contributed by atoms with Crippen LogP contribution in [0.4, 0.5) is 27.8 Å². The van der Waals surface area contributed by atoms with Crippen molar-refractivity contribution in [3.05, 3.63) is 42.2 Å². The molecule has 0 aliphatic carbocycles. The number of rotatable bonds is 4. The van der Waals surface area contributed by atoms with Gasteiger partial charge in [-0.2, -0.15) is 0 Å². The number of hydrogen-bond donors (Lipinski definition) is 2. The smallest absolute Gasteiger partial charge is 0.358 e. The van der Waals surface area contributed by atoms with Crippen molar-refractivity contribution in [2.24, 2.45) is 0 Å². The normalized spacial score (nSPS) is 12.6. The lowest BCUT2D eigenvalue weighted by Crippen LogP contribution is -2.44. The fourth-order valence-corrected chi connectivity index (χ4v) is 2.14. The molecule has 1 saturated heterocycles. The van der Waals surface area contributed by atoms with Gasteiger partial charge in [0.1, 0.15) is 17.8 Å². The molecule has 2 aromatic rings. The first-order valence-electron chi connectivity index (χ1n) is 8.72. The quantitative estimate of drug-likeness (QED) is 0.740. The number of aromatic nitrogens is 2. The second-order valence-electron chi connectivity index (χ2n) is 5.45. The summed E-state index contributed by atoms with van der Waals surface area (Å²) in [4.78, 5) is 21.1. The number of amides is 1. The summed E-state index contributed by atoms with van der Waals surface area (Å²) >= 11 is 0. The fraction of sp³-hybridized carbons (Fsp3) is 0.389. The van der Waals surface area contributed by atoms with E-state index in [1.807, 2.05) is 13.8 Å². The van der Waals surface area contributed by atoms with E-state index in [9.17, 15) is 26.7 Å². The predicted octanol–water partition coefficient (Wildman–Crippen LogP) is 3.59. The molecule has 1 aliphatic rings. The van der Waals surface area contributed by atoms with E-state index in [2.05, 4.69) is 15.3 Å². The van der Waals surface area contributed by atoms with Crippen molar-refractivity contribution >= 4 is 11.7 Å². The number of hydrogen-bond acceptors (Lipinski definition) is 5. The molecule has 0 unspecified atom stereocenters. The first kappa shape index (κ1) is 24.2. The van der Waals surface area contributed by atoms with Crippen molar-refractivity contribution < 1.29 is 31.9 Å². The van der Waals surface area contributed by atoms with Gasteiger partial charge in [-0.15, -0.1) is 13.2 Å². The number of nitrogens with zero attached hydrogens (tertiary/aromatic N) is 3. The van der Waals surface area contributed by atoms with Gasteiger partial charge in [-0.1, -0.05) is 13.8 Å². The van der Waals surface area contributed by atoms with Crippen molar-refractivity contribution in [1.82, 2.24) is 14.9 Å². The zero-order chi connectivity index (χ0) is 22.0. The van der Waals surface area contributed by atoms with Crippen LogP contribution in [0.3, 0.4) is 0 Å². The van der Waals surface area contributed by atoms with E-state index >= 15 is 0 Å². The molecule has 6 nitrogen and oxygen atoms in total. The highest BCUT2D eigenvalue weighted by Gasteiger charge is 2.21. The van der Waals surface area contributed by atoms with E-state index in [1.54, 1.807) is 4.90 Å². The average molecular weight is 420 g/mol. The van der Waals surface area contributed by atoms with Crippen LogP contribution in [0.1, 0.15) is 20.3 Å². The molecule has 160 valence electrons. The van der Waals surface area contributed by atoms with Crippen LogP contribution in [-0.4, -0.2) is 51.9 Å². The van der Waals surface area contributed by atoms with Crippen LogP contribution >= 0.6 is 0 Å². The Bertz CT molecular complexity index is 775. The Morgan fingerprint density at radius 2 is 1.69 bits per heavy atom. The summed E-state index contributed by atoms with van der Waals surface area (Å²) in [5, 5.41) is 9.21. The lowest BCUT2D eigenvalue weighted by Gasteiger charge is -2.30. The minimum Gasteiger partial charge on any atom is -0.358 e. The van der Waals surface area contributed by atoms with Gasteiger partial charge in [0, 0.05) is 18.7 Å². The molecule has 0 spiro atoms. The minimum absolute atomic E-state index is 0.0171. The molecule has 2 N–H and O–H groups in total. The van der Waals surface area contributed by atoms with Crippen LogP contribution in [0.5, 0.6) is 0 Å². The summed E-state index contributed by atoms with van der Waals surface area (Å²) in [6.45, 7) is 5.47. The van der Waals surface area contributed by atoms with Crippen LogP contribution in [0.15, 0.2) is 30.6 Å². The largest absolute Gasteiger partial charge is 0.519 e. The van der Waals surface area contributed by atoms with Crippen LogP contribution in [0.25, 0.3) is 11.3 Å². The molecule has 11 heteroatoms. The molecule has 0 bridgehead atoms. The van der Waals surface area contributed by atoms with Gasteiger partial charge in [-0.3, -0.25) is 4.79 Å². The molecule has 1 aromatic carbocycles. The number of aliphatic hydroxyl groups is 1. The summed E-state index contributed by atoms with van der Waals surface area (Å²) in [6, 6.07) is 5.35. The van der Waals surface area contributed by atoms with Crippen LogP contribution in [0.2, 0.25) is 0 Å². The number of carbonyl (C=O) groups is 1. The van der Waals surface area contributed by atoms with Crippen LogP contribution in [-0.2, 0) is 4.79 Å². The number of anilines is 1. The highest BCUT2D eigenvalue weighted by atomic mass is 19.4. The molecule has 0 atom stereocenters. The molecule has 0 radical (unpaired) electrons. The third kappa shape index (κ3) is 8.38. The Hall–Kier alpha value is -2.82. The summed E-state index contributed by atoms with van der Waals surface area (Å²) in [5.74, 6) is -1.20. The minimum atomic E-state index is -5.00. The Labute approximate surface area is 164 Å². The van der Waals surface area contributed by atoms with E-state index in [0.29, 0.717) is 5.56 Å². The molecule has 1 fully saturated rings. The Kier molecular flexibility index (Phi) is 9.39. The fourth-order valence-electron chi connectivity index (χ4n) is 2.14. The van der Waals surface area contributed by atoms with Crippen molar-refractivity contribution in [3.63, 3.8) is 0 Å². The zero-order valence-corrected chi connectivity index (χ0v) is 15.8. The van der Waals surface area contributed by atoms with Crippen molar-refractivity contribution in [1.29, 1.82) is 0 Å². The molecular weight excluding hydrogens is 399 g/mol. The van der Waals surface area contributed by atoms with Gasteiger partial charge in [-0.05, 0) is 30.7 Å². The standard InChI is InChI=1S/C15H14F2N4O.C2H6.CHF3O/c16-11-4-2-10(3-5-11)14-13(17)15(20-9-19-14)18-8-12(22)21-6-1-7-21;1-2;2-1(3,4)5/h2-5,9H,1,6-8H2,(H,18,19,20);1-2H3;5H. The predicted molar refractivity (Wildman–Crippen MR) is 96.7 cm³/mol. The molecule has 1 amide bonds. The lowest BCUT2D eigenvalue weighted by atomic mass is 10.1. The van der Waals surface area contributed by atoms with Crippen molar-refractivity contribution in [2.45, 2.75) is 26.6 Å². The lowest BCUT2D eigenvalue weighted by molar-refractivity contribution is -0.295. The van der Waals surface area contributed by atoms with Gasteiger partial charge in [0.05, 0.1) is 6.54 Å². The SMILES string of the molecule is CC.O=C(CNc1ncnc(-c2ccc(F)cc2)c1F)N1CCC1.OC(F)(F)F. The maximum atomic E-state index is 14.4. The number of benzene rings is 1. The Balaban J connectivity index is 0.000000527. The third-order valence-electron chi connectivity index (χ3n) is 3.52. The second kappa shape index (κ2) is 11.2.